The van der Waals surface area contributed by atoms with Crippen LogP contribution in [0.4, 0.5) is 5.95 Å². The zero-order valence-corrected chi connectivity index (χ0v) is 6.27. The molecule has 2 aromatic heterocycles. The number of anilines is 1. The molecule has 2 heterocycles. The second-order valence-corrected chi connectivity index (χ2v) is 2.31. The summed E-state index contributed by atoms with van der Waals surface area (Å²) >= 11 is 0. The molecule has 0 bridgehead atoms. The number of aromatic amines is 1. The van der Waals surface area contributed by atoms with Gasteiger partial charge in [0.15, 0.2) is 0 Å². The van der Waals surface area contributed by atoms with Crippen LogP contribution in [0.15, 0.2) is 4.79 Å². The predicted molar refractivity (Wildman–Crippen MR) is 40.6 cm³/mol. The third-order valence-corrected chi connectivity index (χ3v) is 1.35. The van der Waals surface area contributed by atoms with Crippen LogP contribution in [0.5, 0.6) is 0 Å². The Hall–Kier alpha value is -1.92. The van der Waals surface area contributed by atoms with Gasteiger partial charge >= 0.3 is 5.69 Å². The fourth-order valence-corrected chi connectivity index (χ4v) is 0.914. The topological polar surface area (TPSA) is 102 Å². The van der Waals surface area contributed by atoms with Crippen molar-refractivity contribution in [2.45, 2.75) is 6.92 Å². The van der Waals surface area contributed by atoms with Gasteiger partial charge in [0.05, 0.1) is 0 Å². The fraction of sp³-hybridized carbons (Fsp3) is 0.200. The van der Waals surface area contributed by atoms with Gasteiger partial charge in [0.2, 0.25) is 5.95 Å². The van der Waals surface area contributed by atoms with E-state index in [0.717, 1.165) is 4.52 Å². The molecule has 7 nitrogen and oxygen atoms in total. The van der Waals surface area contributed by atoms with Gasteiger partial charge in [0.1, 0.15) is 5.82 Å². The summed E-state index contributed by atoms with van der Waals surface area (Å²) in [5, 5.41) is 3.63. The molecule has 0 amide bonds. The van der Waals surface area contributed by atoms with Crippen LogP contribution in [-0.4, -0.2) is 24.6 Å². The molecule has 0 saturated carbocycles. The van der Waals surface area contributed by atoms with Gasteiger partial charge in [-0.05, 0) is 6.92 Å². The SMILES string of the molecule is Cc1nc2nc(N)nn2c(=O)[nH]1. The average molecular weight is 166 g/mol. The highest BCUT2D eigenvalue weighted by Gasteiger charge is 2.04. The minimum absolute atomic E-state index is 0.0404. The molecule has 0 saturated heterocycles. The second-order valence-electron chi connectivity index (χ2n) is 2.31. The van der Waals surface area contributed by atoms with Gasteiger partial charge in [0, 0.05) is 0 Å². The van der Waals surface area contributed by atoms with E-state index in [2.05, 4.69) is 20.1 Å². The number of nitrogens with one attached hydrogen (secondary N) is 1. The normalized spacial score (nSPS) is 10.8. The van der Waals surface area contributed by atoms with Gasteiger partial charge < -0.3 is 5.73 Å². The van der Waals surface area contributed by atoms with Gasteiger partial charge in [-0.2, -0.15) is 9.97 Å². The number of nitrogens with two attached hydrogens (primary N) is 1. The first kappa shape index (κ1) is 6.77. The summed E-state index contributed by atoms with van der Waals surface area (Å²) in [6.45, 7) is 1.66. The van der Waals surface area contributed by atoms with E-state index in [4.69, 9.17) is 5.73 Å². The van der Waals surface area contributed by atoms with Crippen LogP contribution in [0.25, 0.3) is 5.78 Å². The maximum atomic E-state index is 11.1. The monoisotopic (exact) mass is 166 g/mol. The molecule has 0 fully saturated rings. The number of hydrogen-bond donors (Lipinski definition) is 2. The molecule has 0 aliphatic carbocycles. The molecule has 0 radical (unpaired) electrons. The third-order valence-electron chi connectivity index (χ3n) is 1.35. The average Bonchev–Trinajstić information content (AvgIpc) is 2.29. The smallest absolute Gasteiger partial charge is 0.350 e. The lowest BCUT2D eigenvalue weighted by Crippen LogP contribution is -2.19. The summed E-state index contributed by atoms with van der Waals surface area (Å²) < 4.78 is 1.02. The number of aromatic nitrogens is 5. The molecule has 0 unspecified atom stereocenters. The van der Waals surface area contributed by atoms with Crippen LogP contribution in [0.1, 0.15) is 5.82 Å². The number of hydrogen-bond acceptors (Lipinski definition) is 5. The predicted octanol–water partition coefficient (Wildman–Crippen LogP) is -1.30. The standard InChI is InChI=1S/C5H6N6O/c1-2-7-4-9-3(6)10-11(4)5(12)8-2/h1H3,(H3,6,7,8,9,10,12). The molecular formula is C5H6N6O. The van der Waals surface area contributed by atoms with Crippen molar-refractivity contribution in [3.8, 4) is 0 Å². The van der Waals surface area contributed by atoms with E-state index < -0.39 is 0 Å². The lowest BCUT2D eigenvalue weighted by atomic mass is 10.7. The van der Waals surface area contributed by atoms with Crippen molar-refractivity contribution < 1.29 is 0 Å². The highest BCUT2D eigenvalue weighted by molar-refractivity contribution is 5.32. The van der Waals surface area contributed by atoms with Gasteiger partial charge in [0.25, 0.3) is 5.78 Å². The van der Waals surface area contributed by atoms with E-state index >= 15 is 0 Å². The number of rotatable bonds is 0. The van der Waals surface area contributed by atoms with Crippen molar-refractivity contribution in [2.24, 2.45) is 0 Å². The first-order valence-electron chi connectivity index (χ1n) is 3.26. The number of aryl methyl sites for hydroxylation is 1. The fourth-order valence-electron chi connectivity index (χ4n) is 0.914. The Morgan fingerprint density at radius 2 is 2.25 bits per heavy atom. The molecule has 0 aliphatic rings. The highest BCUT2D eigenvalue weighted by Crippen LogP contribution is 1.93. The molecule has 0 aromatic carbocycles. The Bertz CT molecular complexity index is 482. The van der Waals surface area contributed by atoms with Gasteiger partial charge in [-0.25, -0.2) is 4.79 Å². The van der Waals surface area contributed by atoms with Gasteiger partial charge in [-0.1, -0.05) is 0 Å². The Balaban J connectivity index is 2.98. The van der Waals surface area contributed by atoms with E-state index in [9.17, 15) is 4.79 Å². The largest absolute Gasteiger partial charge is 0.366 e. The van der Waals surface area contributed by atoms with Crippen LogP contribution in [0.3, 0.4) is 0 Å². The minimum atomic E-state index is -0.387. The van der Waals surface area contributed by atoms with Crippen LogP contribution in [0, 0.1) is 6.92 Å². The van der Waals surface area contributed by atoms with Crippen LogP contribution in [-0.2, 0) is 0 Å². The van der Waals surface area contributed by atoms with Crippen molar-refractivity contribution >= 4 is 11.7 Å². The molecule has 12 heavy (non-hydrogen) atoms. The van der Waals surface area contributed by atoms with Crippen LogP contribution < -0.4 is 11.4 Å². The molecule has 62 valence electrons. The molecule has 3 N–H and O–H groups in total. The molecule has 7 heteroatoms. The molecule has 2 rings (SSSR count). The lowest BCUT2D eigenvalue weighted by molar-refractivity contribution is 0.821. The summed E-state index contributed by atoms with van der Waals surface area (Å²) in [4.78, 5) is 21.2. The molecule has 2 aromatic rings. The Kier molecular flexibility index (Phi) is 1.15. The van der Waals surface area contributed by atoms with Crippen molar-refractivity contribution in [3.63, 3.8) is 0 Å². The lowest BCUT2D eigenvalue weighted by Gasteiger charge is -1.90. The zero-order valence-electron chi connectivity index (χ0n) is 6.27. The Morgan fingerprint density at radius 1 is 1.50 bits per heavy atom. The van der Waals surface area contributed by atoms with Gasteiger partial charge in [-0.15, -0.1) is 9.61 Å². The second kappa shape index (κ2) is 2.03. The minimum Gasteiger partial charge on any atom is -0.366 e. The van der Waals surface area contributed by atoms with Crippen molar-refractivity contribution in [2.75, 3.05) is 5.73 Å². The number of nitrogens with zero attached hydrogens (tertiary/aromatic N) is 4. The van der Waals surface area contributed by atoms with Crippen molar-refractivity contribution in [1.82, 2.24) is 24.6 Å². The number of nitrogen functional groups attached to an aromatic ring is 1. The quantitative estimate of drug-likeness (QED) is 0.506. The van der Waals surface area contributed by atoms with Crippen LogP contribution >= 0.6 is 0 Å². The van der Waals surface area contributed by atoms with E-state index in [1.54, 1.807) is 6.92 Å². The summed E-state index contributed by atoms with van der Waals surface area (Å²) in [6.07, 6.45) is 0. The molecule has 0 aliphatic heterocycles. The van der Waals surface area contributed by atoms with Gasteiger partial charge in [-0.3, -0.25) is 4.98 Å². The van der Waals surface area contributed by atoms with Crippen molar-refractivity contribution in [3.05, 3.63) is 16.3 Å². The Labute approximate surface area is 66.3 Å². The van der Waals surface area contributed by atoms with Crippen molar-refractivity contribution in [1.29, 1.82) is 0 Å². The zero-order chi connectivity index (χ0) is 8.72. The number of fused-ring (bicyclic) bond motifs is 1. The highest BCUT2D eigenvalue weighted by atomic mass is 16.1. The summed E-state index contributed by atoms with van der Waals surface area (Å²) in [5.74, 6) is 0.743. The molecular weight excluding hydrogens is 160 g/mol. The molecule has 0 atom stereocenters. The van der Waals surface area contributed by atoms with E-state index in [-0.39, 0.29) is 17.4 Å². The summed E-state index contributed by atoms with van der Waals surface area (Å²) in [6, 6.07) is 0. The maximum Gasteiger partial charge on any atom is 0.350 e. The maximum absolute atomic E-state index is 11.1. The summed E-state index contributed by atoms with van der Waals surface area (Å²) in [5.41, 5.74) is 4.89. The van der Waals surface area contributed by atoms with Crippen LogP contribution in [0.2, 0.25) is 0 Å². The first-order chi connectivity index (χ1) is 5.66. The van der Waals surface area contributed by atoms with E-state index in [0.29, 0.717) is 5.82 Å². The van der Waals surface area contributed by atoms with E-state index in [1.807, 2.05) is 0 Å². The summed E-state index contributed by atoms with van der Waals surface area (Å²) in [7, 11) is 0. The Morgan fingerprint density at radius 3 is 3.00 bits per heavy atom. The number of H-pyrrole nitrogens is 1. The molecule has 0 spiro atoms. The van der Waals surface area contributed by atoms with E-state index in [1.165, 1.54) is 0 Å². The first-order valence-corrected chi connectivity index (χ1v) is 3.26. The third kappa shape index (κ3) is 0.831.